The van der Waals surface area contributed by atoms with Gasteiger partial charge in [0.2, 0.25) is 0 Å². The molecule has 2 nitrogen and oxygen atoms in total. The summed E-state index contributed by atoms with van der Waals surface area (Å²) in [5.41, 5.74) is 3.33. The maximum Gasteiger partial charge on any atom is 0.0502 e. The average Bonchev–Trinajstić information content (AvgIpc) is 2.81. The molecule has 5 fully saturated rings. The molecule has 2 N–H and O–H groups in total. The summed E-state index contributed by atoms with van der Waals surface area (Å²) in [6.07, 6.45) is 0. The number of hydrogen-bond donors (Lipinski definition) is 2. The van der Waals surface area contributed by atoms with Crippen LogP contribution in [0.1, 0.15) is 13.8 Å². The van der Waals surface area contributed by atoms with Crippen molar-refractivity contribution in [2.24, 2.45) is 34.5 Å². The number of allylic oxidation sites excluding steroid dienone is 2. The molecule has 2 heteroatoms. The van der Waals surface area contributed by atoms with E-state index in [1.807, 2.05) is 0 Å². The van der Waals surface area contributed by atoms with Gasteiger partial charge in [-0.1, -0.05) is 11.1 Å². The van der Waals surface area contributed by atoms with Crippen molar-refractivity contribution in [1.82, 2.24) is 0 Å². The molecule has 0 saturated heterocycles. The van der Waals surface area contributed by atoms with Crippen molar-refractivity contribution in [3.8, 4) is 0 Å². The van der Waals surface area contributed by atoms with Gasteiger partial charge in [0.15, 0.2) is 0 Å². The van der Waals surface area contributed by atoms with Gasteiger partial charge < -0.3 is 10.2 Å². The third-order valence-electron chi connectivity index (χ3n) is 5.82. The van der Waals surface area contributed by atoms with Crippen molar-refractivity contribution in [2.45, 2.75) is 13.8 Å². The summed E-state index contributed by atoms with van der Waals surface area (Å²) in [5, 5.41) is 19.1. The number of rotatable bonds is 2. The summed E-state index contributed by atoms with van der Waals surface area (Å²) in [4.78, 5) is 0. The predicted octanol–water partition coefficient (Wildman–Crippen LogP) is 0.799. The molecule has 0 aromatic rings. The molecule has 76 valence electrons. The van der Waals surface area contributed by atoms with Crippen molar-refractivity contribution in [3.05, 3.63) is 11.1 Å². The Hall–Kier alpha value is -0.340. The highest BCUT2D eigenvalue weighted by molar-refractivity contribution is 5.62. The fourth-order valence-corrected chi connectivity index (χ4v) is 5.56. The SMILES string of the molecule is CC(C)=C1C2C3C4C1C4(CO)C23CO. The largest absolute Gasteiger partial charge is 0.396 e. The van der Waals surface area contributed by atoms with Crippen molar-refractivity contribution in [2.75, 3.05) is 13.2 Å². The summed E-state index contributed by atoms with van der Waals surface area (Å²) in [6, 6.07) is 0. The van der Waals surface area contributed by atoms with Gasteiger partial charge in [-0.2, -0.15) is 0 Å². The van der Waals surface area contributed by atoms with E-state index in [-0.39, 0.29) is 10.8 Å². The molecule has 0 spiro atoms. The highest BCUT2D eigenvalue weighted by atomic mass is 16.3. The lowest BCUT2D eigenvalue weighted by atomic mass is 9.73. The lowest BCUT2D eigenvalue weighted by molar-refractivity contribution is 0.0145. The molecule has 5 rings (SSSR count). The van der Waals surface area contributed by atoms with Gasteiger partial charge in [0.25, 0.3) is 0 Å². The van der Waals surface area contributed by atoms with Gasteiger partial charge in [-0.15, -0.1) is 0 Å². The highest BCUT2D eigenvalue weighted by Gasteiger charge is 3.05. The fourth-order valence-electron chi connectivity index (χ4n) is 5.56. The molecule has 0 aliphatic heterocycles. The minimum absolute atomic E-state index is 0.143. The van der Waals surface area contributed by atoms with Crippen LogP contribution in [0.4, 0.5) is 0 Å². The van der Waals surface area contributed by atoms with E-state index in [0.717, 1.165) is 11.8 Å². The van der Waals surface area contributed by atoms with Crippen molar-refractivity contribution in [1.29, 1.82) is 0 Å². The molecule has 6 unspecified atom stereocenters. The van der Waals surface area contributed by atoms with Crippen LogP contribution in [0, 0.1) is 34.5 Å². The Morgan fingerprint density at radius 3 is 1.79 bits per heavy atom. The third-order valence-corrected chi connectivity index (χ3v) is 5.82. The predicted molar refractivity (Wildman–Crippen MR) is 51.4 cm³/mol. The van der Waals surface area contributed by atoms with Gasteiger partial charge in [0.1, 0.15) is 0 Å². The van der Waals surface area contributed by atoms with Crippen LogP contribution in [0.25, 0.3) is 0 Å². The van der Waals surface area contributed by atoms with Crippen LogP contribution in [0.15, 0.2) is 11.1 Å². The Bertz CT molecular complexity index is 352. The second kappa shape index (κ2) is 1.72. The van der Waals surface area contributed by atoms with Gasteiger partial charge >= 0.3 is 0 Å². The van der Waals surface area contributed by atoms with Crippen LogP contribution < -0.4 is 0 Å². The maximum absolute atomic E-state index is 9.54. The van der Waals surface area contributed by atoms with E-state index in [2.05, 4.69) is 13.8 Å². The third kappa shape index (κ3) is 0.385. The first kappa shape index (κ1) is 7.89. The van der Waals surface area contributed by atoms with E-state index >= 15 is 0 Å². The first-order chi connectivity index (χ1) is 6.68. The molecule has 14 heavy (non-hydrogen) atoms. The zero-order chi connectivity index (χ0) is 9.88. The standard InChI is InChI=1S/C12H16O2/c1-5(2)6-7-9-10-8(6)12(10,4-14)11(7,9)3-13/h7-10,13-14H,3-4H2,1-2H3. The first-order valence-corrected chi connectivity index (χ1v) is 5.57. The summed E-state index contributed by atoms with van der Waals surface area (Å²) >= 11 is 0. The fraction of sp³-hybridized carbons (Fsp3) is 0.833. The quantitative estimate of drug-likeness (QED) is 0.635. The molecular formula is C12H16O2. The Kier molecular flexibility index (Phi) is 0.967. The second-order valence-electron chi connectivity index (χ2n) is 5.86. The minimum Gasteiger partial charge on any atom is -0.396 e. The molecular weight excluding hydrogens is 176 g/mol. The Morgan fingerprint density at radius 2 is 1.50 bits per heavy atom. The first-order valence-electron chi connectivity index (χ1n) is 5.57. The monoisotopic (exact) mass is 192 g/mol. The van der Waals surface area contributed by atoms with E-state index in [1.54, 1.807) is 5.57 Å². The van der Waals surface area contributed by atoms with Crippen LogP contribution in [0.5, 0.6) is 0 Å². The molecule has 0 amide bonds. The van der Waals surface area contributed by atoms with Crippen LogP contribution in [-0.2, 0) is 0 Å². The van der Waals surface area contributed by atoms with Crippen molar-refractivity contribution < 1.29 is 10.2 Å². The zero-order valence-corrected chi connectivity index (χ0v) is 8.62. The highest BCUT2D eigenvalue weighted by Crippen LogP contribution is 3.05. The van der Waals surface area contributed by atoms with Crippen LogP contribution in [0.2, 0.25) is 0 Å². The minimum atomic E-state index is 0.143. The summed E-state index contributed by atoms with van der Waals surface area (Å²) < 4.78 is 0. The average molecular weight is 192 g/mol. The molecule has 5 aliphatic rings. The van der Waals surface area contributed by atoms with Crippen LogP contribution in [0.3, 0.4) is 0 Å². The van der Waals surface area contributed by atoms with Gasteiger partial charge in [0, 0.05) is 10.8 Å². The zero-order valence-electron chi connectivity index (χ0n) is 8.62. The van der Waals surface area contributed by atoms with E-state index in [9.17, 15) is 10.2 Å². The van der Waals surface area contributed by atoms with Crippen LogP contribution >= 0.6 is 0 Å². The maximum atomic E-state index is 9.54. The summed E-state index contributed by atoms with van der Waals surface area (Å²) in [5.74, 6) is 2.79. The molecule has 0 heterocycles. The van der Waals surface area contributed by atoms with E-state index < -0.39 is 0 Å². The van der Waals surface area contributed by atoms with Gasteiger partial charge in [0.05, 0.1) is 13.2 Å². The lowest BCUT2D eigenvalue weighted by Gasteiger charge is -2.33. The molecule has 6 atom stereocenters. The number of aliphatic hydroxyl groups excluding tert-OH is 2. The number of hydrogen-bond acceptors (Lipinski definition) is 2. The van der Waals surface area contributed by atoms with Gasteiger partial charge in [-0.25, -0.2) is 0 Å². The Balaban J connectivity index is 1.89. The molecule has 5 saturated carbocycles. The topological polar surface area (TPSA) is 40.5 Å². The molecule has 0 aromatic heterocycles. The van der Waals surface area contributed by atoms with Crippen molar-refractivity contribution in [3.63, 3.8) is 0 Å². The Labute approximate surface area is 83.6 Å². The summed E-state index contributed by atoms with van der Waals surface area (Å²) in [7, 11) is 0. The smallest absolute Gasteiger partial charge is 0.0502 e. The second-order valence-corrected chi connectivity index (χ2v) is 5.86. The van der Waals surface area contributed by atoms with Crippen molar-refractivity contribution >= 4 is 0 Å². The van der Waals surface area contributed by atoms with E-state index in [4.69, 9.17) is 0 Å². The normalized spacial score (nSPS) is 64.7. The Morgan fingerprint density at radius 1 is 1.07 bits per heavy atom. The van der Waals surface area contributed by atoms with Gasteiger partial charge in [-0.05, 0) is 37.5 Å². The summed E-state index contributed by atoms with van der Waals surface area (Å²) in [6.45, 7) is 4.96. The van der Waals surface area contributed by atoms with Crippen LogP contribution in [-0.4, -0.2) is 23.4 Å². The van der Waals surface area contributed by atoms with E-state index in [0.29, 0.717) is 25.0 Å². The molecule has 5 aliphatic carbocycles. The molecule has 0 aromatic carbocycles. The molecule has 2 bridgehead atoms. The number of aliphatic hydroxyl groups is 2. The molecule has 0 radical (unpaired) electrons. The van der Waals surface area contributed by atoms with Gasteiger partial charge in [-0.3, -0.25) is 0 Å². The van der Waals surface area contributed by atoms with E-state index in [1.165, 1.54) is 5.57 Å². The lowest BCUT2D eigenvalue weighted by Crippen LogP contribution is -2.37.